The Bertz CT molecular complexity index is 657. The Hall–Kier alpha value is -2.06. The van der Waals surface area contributed by atoms with Crippen LogP contribution < -0.4 is 4.87 Å². The number of aromatic nitrogens is 1. The average molecular weight is 233 g/mol. The van der Waals surface area contributed by atoms with Crippen LogP contribution in [0.2, 0.25) is 0 Å². The summed E-state index contributed by atoms with van der Waals surface area (Å²) in [6.45, 7) is 0. The van der Waals surface area contributed by atoms with Crippen molar-refractivity contribution >= 4 is 27.5 Å². The number of hydrogen-bond acceptors (Lipinski definition) is 4. The van der Waals surface area contributed by atoms with Crippen molar-refractivity contribution in [1.82, 2.24) is 4.98 Å². The number of esters is 1. The molecule has 80 valence electrons. The number of rotatable bonds is 0. The highest BCUT2D eigenvalue weighted by Gasteiger charge is 1.99. The van der Waals surface area contributed by atoms with E-state index in [0.717, 1.165) is 21.6 Å². The fraction of sp³-hybridized carbons (Fsp3) is 0.0909. The van der Waals surface area contributed by atoms with E-state index in [1.807, 2.05) is 0 Å². The van der Waals surface area contributed by atoms with Crippen molar-refractivity contribution in [2.24, 2.45) is 0 Å². The number of aromatic amines is 1. The molecule has 2 rings (SSSR count). The molecule has 0 spiro atoms. The van der Waals surface area contributed by atoms with E-state index in [9.17, 15) is 9.59 Å². The highest BCUT2D eigenvalue weighted by Crippen LogP contribution is 2.15. The van der Waals surface area contributed by atoms with Gasteiger partial charge >= 0.3 is 10.8 Å². The van der Waals surface area contributed by atoms with Gasteiger partial charge in [-0.3, -0.25) is 4.79 Å². The normalized spacial score (nSPS) is 9.56. The molecule has 0 aliphatic rings. The van der Waals surface area contributed by atoms with Crippen LogP contribution in [0.4, 0.5) is 0 Å². The van der Waals surface area contributed by atoms with Crippen molar-refractivity contribution in [3.63, 3.8) is 0 Å². The van der Waals surface area contributed by atoms with Crippen LogP contribution in [0.15, 0.2) is 23.0 Å². The van der Waals surface area contributed by atoms with Crippen molar-refractivity contribution in [2.75, 3.05) is 7.11 Å². The summed E-state index contributed by atoms with van der Waals surface area (Å²) in [5, 5.41) is 0. The van der Waals surface area contributed by atoms with E-state index < -0.39 is 5.97 Å². The van der Waals surface area contributed by atoms with E-state index in [0.29, 0.717) is 5.56 Å². The van der Waals surface area contributed by atoms with Crippen LogP contribution in [0.3, 0.4) is 0 Å². The van der Waals surface area contributed by atoms with Crippen molar-refractivity contribution in [3.05, 3.63) is 33.4 Å². The third kappa shape index (κ3) is 2.12. The van der Waals surface area contributed by atoms with Crippen molar-refractivity contribution in [1.29, 1.82) is 0 Å². The van der Waals surface area contributed by atoms with Gasteiger partial charge < -0.3 is 9.72 Å². The molecule has 0 aliphatic heterocycles. The highest BCUT2D eigenvalue weighted by molar-refractivity contribution is 7.16. The second-order valence-corrected chi connectivity index (χ2v) is 3.98. The Kier molecular flexibility index (Phi) is 2.75. The Labute approximate surface area is 94.9 Å². The minimum Gasteiger partial charge on any atom is -0.459 e. The summed E-state index contributed by atoms with van der Waals surface area (Å²) in [6.07, 6.45) is 0. The molecule has 16 heavy (non-hydrogen) atoms. The Morgan fingerprint density at radius 2 is 2.31 bits per heavy atom. The maximum absolute atomic E-state index is 11.1. The molecule has 0 amide bonds. The van der Waals surface area contributed by atoms with Crippen LogP contribution in [0.25, 0.3) is 10.2 Å². The van der Waals surface area contributed by atoms with Gasteiger partial charge in [-0.15, -0.1) is 0 Å². The van der Waals surface area contributed by atoms with Gasteiger partial charge in [-0.05, 0) is 18.2 Å². The molecule has 4 nitrogen and oxygen atoms in total. The van der Waals surface area contributed by atoms with E-state index in [-0.39, 0.29) is 4.87 Å². The summed E-state index contributed by atoms with van der Waals surface area (Å²) in [4.78, 5) is 24.5. The van der Waals surface area contributed by atoms with Crippen molar-refractivity contribution in [2.45, 2.75) is 0 Å². The van der Waals surface area contributed by atoms with E-state index in [2.05, 4.69) is 21.6 Å². The Morgan fingerprint density at radius 1 is 1.50 bits per heavy atom. The predicted molar refractivity (Wildman–Crippen MR) is 61.3 cm³/mol. The molecule has 0 aliphatic carbocycles. The third-order valence-electron chi connectivity index (χ3n) is 1.92. The number of ether oxygens (including phenoxy) is 1. The van der Waals surface area contributed by atoms with Crippen molar-refractivity contribution in [3.8, 4) is 11.8 Å². The molecule has 5 heteroatoms. The molecule has 2 aromatic rings. The monoisotopic (exact) mass is 233 g/mol. The van der Waals surface area contributed by atoms with Crippen LogP contribution in [-0.2, 0) is 9.53 Å². The number of fused-ring (bicyclic) bond motifs is 1. The van der Waals surface area contributed by atoms with E-state index in [1.54, 1.807) is 18.2 Å². The summed E-state index contributed by atoms with van der Waals surface area (Å²) >= 11 is 1.11. The summed E-state index contributed by atoms with van der Waals surface area (Å²) < 4.78 is 5.22. The lowest BCUT2D eigenvalue weighted by Gasteiger charge is -1.90. The predicted octanol–water partition coefficient (Wildman–Crippen LogP) is 1.11. The van der Waals surface area contributed by atoms with E-state index in [4.69, 9.17) is 0 Å². The third-order valence-corrected chi connectivity index (χ3v) is 2.76. The number of carbonyl (C=O) groups excluding carboxylic acids is 1. The fourth-order valence-electron chi connectivity index (χ4n) is 1.20. The summed E-state index contributed by atoms with van der Waals surface area (Å²) in [5.41, 5.74) is 1.45. The molecule has 1 aromatic heterocycles. The fourth-order valence-corrected chi connectivity index (χ4v) is 1.97. The second-order valence-electron chi connectivity index (χ2n) is 2.97. The van der Waals surface area contributed by atoms with Gasteiger partial charge in [0.2, 0.25) is 0 Å². The first-order valence-corrected chi connectivity index (χ1v) is 5.23. The van der Waals surface area contributed by atoms with Gasteiger partial charge in [-0.2, -0.15) is 0 Å². The van der Waals surface area contributed by atoms with Crippen LogP contribution in [-0.4, -0.2) is 18.1 Å². The SMILES string of the molecule is COC(=O)C#Cc1ccc2[nH]c(=O)sc2c1. The molecule has 0 atom stereocenters. The van der Waals surface area contributed by atoms with E-state index >= 15 is 0 Å². The van der Waals surface area contributed by atoms with Crippen molar-refractivity contribution < 1.29 is 9.53 Å². The Balaban J connectivity index is 2.42. The van der Waals surface area contributed by atoms with Gasteiger partial charge in [0.05, 0.1) is 17.3 Å². The molecule has 0 fully saturated rings. The van der Waals surface area contributed by atoms with Gasteiger partial charge in [-0.1, -0.05) is 17.3 Å². The molecule has 0 radical (unpaired) electrons. The van der Waals surface area contributed by atoms with Gasteiger partial charge in [-0.25, -0.2) is 4.79 Å². The van der Waals surface area contributed by atoms with Gasteiger partial charge in [0.25, 0.3) is 0 Å². The molecule has 0 saturated carbocycles. The zero-order valence-corrected chi connectivity index (χ0v) is 9.18. The maximum Gasteiger partial charge on any atom is 0.384 e. The summed E-state index contributed by atoms with van der Waals surface area (Å²) in [6, 6.07) is 5.25. The molecule has 1 heterocycles. The largest absolute Gasteiger partial charge is 0.459 e. The first kappa shape index (κ1) is 10.5. The maximum atomic E-state index is 11.1. The first-order valence-electron chi connectivity index (χ1n) is 4.42. The Morgan fingerprint density at radius 3 is 3.06 bits per heavy atom. The summed E-state index contributed by atoms with van der Waals surface area (Å²) in [5.74, 6) is 4.41. The molecular formula is C11H7NO3S. The molecule has 1 N–H and O–H groups in total. The van der Waals surface area contributed by atoms with E-state index in [1.165, 1.54) is 7.11 Å². The zero-order chi connectivity index (χ0) is 11.5. The minimum atomic E-state index is -0.581. The van der Waals surface area contributed by atoms with Crippen LogP contribution in [0.5, 0.6) is 0 Å². The quantitative estimate of drug-likeness (QED) is 0.548. The number of nitrogens with one attached hydrogen (secondary N) is 1. The molecule has 0 unspecified atom stereocenters. The minimum absolute atomic E-state index is 0.104. The zero-order valence-electron chi connectivity index (χ0n) is 8.37. The second kappa shape index (κ2) is 4.21. The standard InChI is InChI=1S/C11H7NO3S/c1-15-10(13)5-3-7-2-4-8-9(6-7)16-11(14)12-8/h2,4,6H,1H3,(H,12,14). The number of hydrogen-bond donors (Lipinski definition) is 1. The number of methoxy groups -OCH3 is 1. The lowest BCUT2D eigenvalue weighted by Crippen LogP contribution is -1.94. The number of carbonyl (C=O) groups is 1. The number of benzene rings is 1. The average Bonchev–Trinajstić information content (AvgIpc) is 2.65. The highest BCUT2D eigenvalue weighted by atomic mass is 32.1. The number of H-pyrrole nitrogens is 1. The number of thiazole rings is 1. The van der Waals surface area contributed by atoms with Gasteiger partial charge in [0, 0.05) is 11.5 Å². The molecule has 1 aromatic carbocycles. The lowest BCUT2D eigenvalue weighted by molar-refractivity contribution is -0.133. The molecule has 0 saturated heterocycles. The molecular weight excluding hydrogens is 226 g/mol. The van der Waals surface area contributed by atoms with Crippen LogP contribution in [0.1, 0.15) is 5.56 Å². The lowest BCUT2D eigenvalue weighted by atomic mass is 10.2. The van der Waals surface area contributed by atoms with Gasteiger partial charge in [0.15, 0.2) is 0 Å². The smallest absolute Gasteiger partial charge is 0.384 e. The van der Waals surface area contributed by atoms with Crippen LogP contribution >= 0.6 is 11.3 Å². The van der Waals surface area contributed by atoms with Gasteiger partial charge in [0.1, 0.15) is 0 Å². The molecule has 0 bridgehead atoms. The topological polar surface area (TPSA) is 59.2 Å². The van der Waals surface area contributed by atoms with Crippen LogP contribution in [0, 0.1) is 11.8 Å². The summed E-state index contributed by atoms with van der Waals surface area (Å²) in [7, 11) is 1.28. The first-order chi connectivity index (χ1) is 7.69.